The Bertz CT molecular complexity index is 519. The van der Waals surface area contributed by atoms with Gasteiger partial charge in [-0.05, 0) is 32.1 Å². The van der Waals surface area contributed by atoms with Crippen molar-refractivity contribution in [3.05, 3.63) is 47.7 Å². The number of allylic oxidation sites excluding steroid dienone is 1. The molecule has 2 N–H and O–H groups in total. The molecule has 21 heavy (non-hydrogen) atoms. The zero-order valence-corrected chi connectivity index (χ0v) is 11.7. The average Bonchev–Trinajstić information content (AvgIpc) is 2.42. The summed E-state index contributed by atoms with van der Waals surface area (Å²) in [6, 6.07) is 7.95. The van der Waals surface area contributed by atoms with Gasteiger partial charge in [0.2, 0.25) is 0 Å². The Morgan fingerprint density at radius 3 is 2.10 bits per heavy atom. The number of carbonyl (C=O) groups is 2. The average molecular weight is 297 g/mol. The SMILES string of the molecule is CC(F)C(/C=C(\NC(=O)c1ccccc1)C(=O)O)C(C)F. The number of amides is 1. The third-order valence-corrected chi connectivity index (χ3v) is 2.93. The third kappa shape index (κ3) is 4.98. The second kappa shape index (κ2) is 7.52. The lowest BCUT2D eigenvalue weighted by Crippen LogP contribution is -2.30. The lowest BCUT2D eigenvalue weighted by molar-refractivity contribution is -0.133. The molecule has 2 atom stereocenters. The van der Waals surface area contributed by atoms with Crippen molar-refractivity contribution < 1.29 is 23.5 Å². The molecule has 1 amide bonds. The Hall–Kier alpha value is -2.24. The molecule has 0 aliphatic heterocycles. The molecule has 2 unspecified atom stereocenters. The maximum Gasteiger partial charge on any atom is 0.352 e. The summed E-state index contributed by atoms with van der Waals surface area (Å²) in [5, 5.41) is 11.2. The fourth-order valence-electron chi connectivity index (χ4n) is 1.77. The van der Waals surface area contributed by atoms with Gasteiger partial charge in [0.15, 0.2) is 0 Å². The topological polar surface area (TPSA) is 66.4 Å². The molecule has 1 aromatic rings. The molecule has 0 spiro atoms. The van der Waals surface area contributed by atoms with Crippen LogP contribution in [0, 0.1) is 5.92 Å². The van der Waals surface area contributed by atoms with Gasteiger partial charge in [-0.15, -0.1) is 0 Å². The van der Waals surface area contributed by atoms with Crippen molar-refractivity contribution in [2.24, 2.45) is 5.92 Å². The van der Waals surface area contributed by atoms with Crippen molar-refractivity contribution in [3.8, 4) is 0 Å². The zero-order chi connectivity index (χ0) is 16.0. The molecular formula is C15H17F2NO3. The Kier molecular flexibility index (Phi) is 6.02. The van der Waals surface area contributed by atoms with E-state index in [2.05, 4.69) is 5.32 Å². The van der Waals surface area contributed by atoms with Gasteiger partial charge in [-0.25, -0.2) is 13.6 Å². The van der Waals surface area contributed by atoms with Crippen LogP contribution in [0.2, 0.25) is 0 Å². The van der Waals surface area contributed by atoms with Gasteiger partial charge >= 0.3 is 5.97 Å². The van der Waals surface area contributed by atoms with Gasteiger partial charge in [-0.2, -0.15) is 0 Å². The van der Waals surface area contributed by atoms with E-state index in [1.165, 1.54) is 12.1 Å². The molecule has 0 saturated heterocycles. The Balaban J connectivity index is 2.97. The number of hydrogen-bond donors (Lipinski definition) is 2. The molecule has 0 aliphatic carbocycles. The summed E-state index contributed by atoms with van der Waals surface area (Å²) < 4.78 is 26.6. The molecule has 0 fully saturated rings. The number of rotatable bonds is 6. The second-order valence-corrected chi connectivity index (χ2v) is 4.64. The van der Waals surface area contributed by atoms with Crippen LogP contribution in [-0.4, -0.2) is 29.3 Å². The fraction of sp³-hybridized carbons (Fsp3) is 0.333. The normalized spacial score (nSPS) is 15.9. The summed E-state index contributed by atoms with van der Waals surface area (Å²) in [5.74, 6) is -3.35. The lowest BCUT2D eigenvalue weighted by Gasteiger charge is -2.17. The first-order valence-corrected chi connectivity index (χ1v) is 6.42. The summed E-state index contributed by atoms with van der Waals surface area (Å²) in [7, 11) is 0. The highest BCUT2D eigenvalue weighted by Gasteiger charge is 2.24. The molecule has 0 aromatic heterocycles. The molecule has 0 aliphatic rings. The van der Waals surface area contributed by atoms with Crippen LogP contribution in [0.25, 0.3) is 0 Å². The number of carboxylic acid groups (broad SMARTS) is 1. The Morgan fingerprint density at radius 2 is 1.67 bits per heavy atom. The molecular weight excluding hydrogens is 280 g/mol. The minimum atomic E-state index is -1.58. The fourth-order valence-corrected chi connectivity index (χ4v) is 1.77. The van der Waals surface area contributed by atoms with Gasteiger partial charge in [0.1, 0.15) is 18.0 Å². The predicted molar refractivity (Wildman–Crippen MR) is 74.3 cm³/mol. The maximum absolute atomic E-state index is 13.3. The van der Waals surface area contributed by atoms with Crippen LogP contribution >= 0.6 is 0 Å². The number of aliphatic carboxylic acids is 1. The standard InChI is InChI=1S/C15H17F2NO3/c1-9(16)12(10(2)17)8-13(15(20)21)18-14(19)11-6-4-3-5-7-11/h3-10,12H,1-2H3,(H,18,19)(H,20,21)/b13-8-. The van der Waals surface area contributed by atoms with Gasteiger partial charge in [-0.3, -0.25) is 4.79 Å². The highest BCUT2D eigenvalue weighted by molar-refractivity contribution is 6.00. The molecule has 0 heterocycles. The van der Waals surface area contributed by atoms with Gasteiger partial charge < -0.3 is 10.4 Å². The largest absolute Gasteiger partial charge is 0.477 e. The quantitative estimate of drug-likeness (QED) is 0.793. The molecule has 0 bridgehead atoms. The van der Waals surface area contributed by atoms with E-state index in [1.807, 2.05) is 0 Å². The first-order chi connectivity index (χ1) is 9.82. The van der Waals surface area contributed by atoms with Crippen LogP contribution in [-0.2, 0) is 4.79 Å². The minimum absolute atomic E-state index is 0.253. The second-order valence-electron chi connectivity index (χ2n) is 4.64. The summed E-state index contributed by atoms with van der Waals surface area (Å²) in [6.45, 7) is 2.27. The first kappa shape index (κ1) is 16.8. The van der Waals surface area contributed by atoms with E-state index >= 15 is 0 Å². The van der Waals surface area contributed by atoms with Crippen molar-refractivity contribution in [2.75, 3.05) is 0 Å². The zero-order valence-electron chi connectivity index (χ0n) is 11.7. The van der Waals surface area contributed by atoms with Crippen LogP contribution < -0.4 is 5.32 Å². The molecule has 0 radical (unpaired) electrons. The summed E-state index contributed by atoms with van der Waals surface area (Å²) >= 11 is 0. The molecule has 1 rings (SSSR count). The number of carboxylic acids is 1. The smallest absolute Gasteiger partial charge is 0.352 e. The summed E-state index contributed by atoms with van der Waals surface area (Å²) in [6.07, 6.45) is -2.25. The van der Waals surface area contributed by atoms with E-state index in [0.29, 0.717) is 0 Å². The molecule has 0 saturated carbocycles. The van der Waals surface area contributed by atoms with Crippen molar-refractivity contribution >= 4 is 11.9 Å². The van der Waals surface area contributed by atoms with Gasteiger partial charge in [0, 0.05) is 11.5 Å². The lowest BCUT2D eigenvalue weighted by atomic mass is 9.98. The molecule has 6 heteroatoms. The van der Waals surface area contributed by atoms with Crippen LogP contribution in [0.4, 0.5) is 8.78 Å². The first-order valence-electron chi connectivity index (χ1n) is 6.42. The number of halogens is 2. The molecule has 4 nitrogen and oxygen atoms in total. The van der Waals surface area contributed by atoms with Crippen LogP contribution in [0.5, 0.6) is 0 Å². The maximum atomic E-state index is 13.3. The van der Waals surface area contributed by atoms with Crippen LogP contribution in [0.1, 0.15) is 24.2 Å². The number of alkyl halides is 2. The minimum Gasteiger partial charge on any atom is -0.477 e. The highest BCUT2D eigenvalue weighted by Crippen LogP contribution is 2.18. The van der Waals surface area contributed by atoms with Crippen molar-refractivity contribution in [1.29, 1.82) is 0 Å². The van der Waals surface area contributed by atoms with E-state index in [4.69, 9.17) is 5.11 Å². The van der Waals surface area contributed by atoms with E-state index in [1.54, 1.807) is 18.2 Å². The van der Waals surface area contributed by atoms with E-state index in [-0.39, 0.29) is 5.56 Å². The molecule has 1 aromatic carbocycles. The third-order valence-electron chi connectivity index (χ3n) is 2.93. The Morgan fingerprint density at radius 1 is 1.14 bits per heavy atom. The van der Waals surface area contributed by atoms with Gasteiger partial charge in [0.05, 0.1) is 0 Å². The van der Waals surface area contributed by atoms with E-state index < -0.39 is 35.8 Å². The van der Waals surface area contributed by atoms with Gasteiger partial charge in [-0.1, -0.05) is 18.2 Å². The highest BCUT2D eigenvalue weighted by atomic mass is 19.1. The van der Waals surface area contributed by atoms with Crippen molar-refractivity contribution in [3.63, 3.8) is 0 Å². The molecule has 114 valence electrons. The van der Waals surface area contributed by atoms with Gasteiger partial charge in [0.25, 0.3) is 5.91 Å². The van der Waals surface area contributed by atoms with Crippen molar-refractivity contribution in [1.82, 2.24) is 5.32 Å². The van der Waals surface area contributed by atoms with E-state index in [9.17, 15) is 18.4 Å². The van der Waals surface area contributed by atoms with Crippen LogP contribution in [0.15, 0.2) is 42.1 Å². The van der Waals surface area contributed by atoms with E-state index in [0.717, 1.165) is 19.9 Å². The van der Waals surface area contributed by atoms with Crippen molar-refractivity contribution in [2.45, 2.75) is 26.2 Å². The summed E-state index contributed by atoms with van der Waals surface area (Å²) in [5.41, 5.74) is -0.286. The number of nitrogens with one attached hydrogen (secondary N) is 1. The number of benzene rings is 1. The van der Waals surface area contributed by atoms with Crippen LogP contribution in [0.3, 0.4) is 0 Å². The Labute approximate surface area is 121 Å². The monoisotopic (exact) mass is 297 g/mol. The number of carbonyl (C=O) groups excluding carboxylic acids is 1. The predicted octanol–water partition coefficient (Wildman–Crippen LogP) is 2.72. The summed E-state index contributed by atoms with van der Waals surface area (Å²) in [4.78, 5) is 23.0. The number of hydrogen-bond acceptors (Lipinski definition) is 2.